The van der Waals surface area contributed by atoms with Gasteiger partial charge in [-0.3, -0.25) is 19.7 Å². The highest BCUT2D eigenvalue weighted by Crippen LogP contribution is 2.26. The first kappa shape index (κ1) is 21.4. The highest BCUT2D eigenvalue weighted by molar-refractivity contribution is 8.00. The molecule has 0 aliphatic rings. The van der Waals surface area contributed by atoms with Crippen molar-refractivity contribution in [1.29, 1.82) is 0 Å². The summed E-state index contributed by atoms with van der Waals surface area (Å²) in [5, 5.41) is 12.9. The molecule has 0 radical (unpaired) electrons. The fourth-order valence-corrected chi connectivity index (χ4v) is 3.26. The van der Waals surface area contributed by atoms with Crippen molar-refractivity contribution in [3.63, 3.8) is 0 Å². The number of ether oxygens (including phenoxy) is 1. The number of nitro groups is 1. The van der Waals surface area contributed by atoms with Crippen LogP contribution in [0, 0.1) is 24.0 Å². The number of rotatable bonds is 7. The second-order valence-corrected chi connectivity index (χ2v) is 7.81. The summed E-state index contributed by atoms with van der Waals surface area (Å²) in [6, 6.07) is 11.5. The molecule has 2 unspecified atom stereocenters. The summed E-state index contributed by atoms with van der Waals surface area (Å²) in [4.78, 5) is 35.5. The summed E-state index contributed by atoms with van der Waals surface area (Å²) in [5.74, 6) is -0.945. The van der Waals surface area contributed by atoms with Gasteiger partial charge >= 0.3 is 5.97 Å². The van der Waals surface area contributed by atoms with E-state index in [-0.39, 0.29) is 5.69 Å². The van der Waals surface area contributed by atoms with Crippen molar-refractivity contribution in [2.45, 2.75) is 43.9 Å². The quantitative estimate of drug-likeness (QED) is 0.321. The van der Waals surface area contributed by atoms with E-state index in [1.54, 1.807) is 19.1 Å². The summed E-state index contributed by atoms with van der Waals surface area (Å²) >= 11 is 1.20. The smallest absolute Gasteiger partial charge is 0.319 e. The maximum atomic E-state index is 12.3. The zero-order chi connectivity index (χ0) is 20.8. The Morgan fingerprint density at radius 3 is 2.32 bits per heavy atom. The van der Waals surface area contributed by atoms with Gasteiger partial charge < -0.3 is 10.1 Å². The molecule has 0 aromatic heterocycles. The van der Waals surface area contributed by atoms with E-state index in [1.165, 1.54) is 30.8 Å². The molecule has 148 valence electrons. The number of thioether (sulfide) groups is 1. The Balaban J connectivity index is 1.91. The van der Waals surface area contributed by atoms with Crippen LogP contribution in [0.3, 0.4) is 0 Å². The third-order valence-corrected chi connectivity index (χ3v) is 5.08. The van der Waals surface area contributed by atoms with Crippen molar-refractivity contribution in [2.24, 2.45) is 0 Å². The van der Waals surface area contributed by atoms with Gasteiger partial charge in [-0.25, -0.2) is 0 Å². The molecule has 2 aromatic carbocycles. The number of nitro benzene ring substituents is 1. The van der Waals surface area contributed by atoms with Crippen LogP contribution in [0.15, 0.2) is 47.4 Å². The Hall–Kier alpha value is -2.87. The fourth-order valence-electron chi connectivity index (χ4n) is 2.41. The second kappa shape index (κ2) is 9.36. The van der Waals surface area contributed by atoms with E-state index in [0.717, 1.165) is 11.1 Å². The first-order valence-corrected chi connectivity index (χ1v) is 9.55. The van der Waals surface area contributed by atoms with Crippen LogP contribution in [0.25, 0.3) is 0 Å². The van der Waals surface area contributed by atoms with Crippen LogP contribution in [0.1, 0.15) is 25.0 Å². The summed E-state index contributed by atoms with van der Waals surface area (Å²) in [6.07, 6.45) is -0.951. The number of non-ortho nitro benzene ring substituents is 1. The number of anilines is 1. The van der Waals surface area contributed by atoms with Gasteiger partial charge in [0.25, 0.3) is 11.6 Å². The van der Waals surface area contributed by atoms with Gasteiger partial charge in [0, 0.05) is 22.7 Å². The van der Waals surface area contributed by atoms with Crippen LogP contribution in [-0.4, -0.2) is 28.2 Å². The first-order chi connectivity index (χ1) is 13.2. The van der Waals surface area contributed by atoms with Gasteiger partial charge in [-0.2, -0.15) is 0 Å². The maximum Gasteiger partial charge on any atom is 0.319 e. The number of carbonyl (C=O) groups is 2. The number of nitrogens with one attached hydrogen (secondary N) is 1. The number of aryl methyl sites for hydroxylation is 2. The monoisotopic (exact) mass is 402 g/mol. The Morgan fingerprint density at radius 2 is 1.75 bits per heavy atom. The van der Waals surface area contributed by atoms with Crippen molar-refractivity contribution in [3.8, 4) is 0 Å². The Labute approximate surface area is 167 Å². The number of carbonyl (C=O) groups excluding carboxylic acids is 2. The topological polar surface area (TPSA) is 98.5 Å². The number of hydrogen-bond donors (Lipinski definition) is 1. The molecule has 28 heavy (non-hydrogen) atoms. The molecule has 0 heterocycles. The van der Waals surface area contributed by atoms with Gasteiger partial charge in [0.15, 0.2) is 6.10 Å². The lowest BCUT2D eigenvalue weighted by Crippen LogP contribution is -2.32. The molecule has 0 aliphatic carbocycles. The third-order valence-electron chi connectivity index (χ3n) is 3.99. The summed E-state index contributed by atoms with van der Waals surface area (Å²) in [7, 11) is 0. The van der Waals surface area contributed by atoms with Crippen molar-refractivity contribution < 1.29 is 19.2 Å². The summed E-state index contributed by atoms with van der Waals surface area (Å²) < 4.78 is 5.26. The van der Waals surface area contributed by atoms with E-state index in [1.807, 2.05) is 32.0 Å². The molecule has 2 aromatic rings. The van der Waals surface area contributed by atoms with Crippen LogP contribution < -0.4 is 5.32 Å². The number of nitrogens with zero attached hydrogens (tertiary/aromatic N) is 1. The van der Waals surface area contributed by atoms with Crippen LogP contribution in [0.5, 0.6) is 0 Å². The van der Waals surface area contributed by atoms with Crippen LogP contribution in [-0.2, 0) is 14.3 Å². The average molecular weight is 402 g/mol. The lowest BCUT2D eigenvalue weighted by molar-refractivity contribution is -0.384. The molecule has 0 bridgehead atoms. The zero-order valence-electron chi connectivity index (χ0n) is 16.1. The summed E-state index contributed by atoms with van der Waals surface area (Å²) in [5.41, 5.74) is 2.67. The zero-order valence-corrected chi connectivity index (χ0v) is 16.9. The average Bonchev–Trinajstić information content (AvgIpc) is 2.64. The number of esters is 1. The Morgan fingerprint density at radius 1 is 1.11 bits per heavy atom. The number of hydrogen-bond acceptors (Lipinski definition) is 6. The van der Waals surface area contributed by atoms with Gasteiger partial charge in [0.1, 0.15) is 5.25 Å². The van der Waals surface area contributed by atoms with Crippen molar-refractivity contribution >= 4 is 35.0 Å². The van der Waals surface area contributed by atoms with Crippen LogP contribution in [0.2, 0.25) is 0 Å². The Kier molecular flexibility index (Phi) is 7.17. The molecule has 7 nitrogen and oxygen atoms in total. The standard InChI is InChI=1S/C20H22N2O5S/c1-12-5-10-18(13(2)11-12)21-19(23)14(3)27-20(24)15(4)28-17-8-6-16(7-9-17)22(25)26/h5-11,14-15H,1-4H3,(H,21,23). The lowest BCUT2D eigenvalue weighted by atomic mass is 10.1. The SMILES string of the molecule is Cc1ccc(NC(=O)C(C)OC(=O)C(C)Sc2ccc([N+](=O)[O-])cc2)c(C)c1. The van der Waals surface area contributed by atoms with E-state index in [4.69, 9.17) is 4.74 Å². The second-order valence-electron chi connectivity index (χ2n) is 6.40. The lowest BCUT2D eigenvalue weighted by Gasteiger charge is -2.17. The first-order valence-electron chi connectivity index (χ1n) is 8.67. The molecule has 1 N–H and O–H groups in total. The minimum Gasteiger partial charge on any atom is -0.452 e. The van der Waals surface area contributed by atoms with Gasteiger partial charge in [-0.1, -0.05) is 17.7 Å². The van der Waals surface area contributed by atoms with E-state index in [9.17, 15) is 19.7 Å². The van der Waals surface area contributed by atoms with Crippen molar-refractivity contribution in [1.82, 2.24) is 0 Å². The third kappa shape index (κ3) is 5.82. The Bertz CT molecular complexity index is 883. The number of benzene rings is 2. The molecule has 0 fully saturated rings. The van der Waals surface area contributed by atoms with Crippen LogP contribution in [0.4, 0.5) is 11.4 Å². The summed E-state index contributed by atoms with van der Waals surface area (Å²) in [6.45, 7) is 7.03. The van der Waals surface area contributed by atoms with Crippen LogP contribution >= 0.6 is 11.8 Å². The number of amides is 1. The maximum absolute atomic E-state index is 12.3. The van der Waals surface area contributed by atoms with E-state index in [2.05, 4.69) is 5.32 Å². The molecule has 0 saturated heterocycles. The molecule has 8 heteroatoms. The molecular weight excluding hydrogens is 380 g/mol. The van der Waals surface area contributed by atoms with E-state index < -0.39 is 28.2 Å². The molecule has 0 saturated carbocycles. The van der Waals surface area contributed by atoms with E-state index >= 15 is 0 Å². The molecule has 0 aliphatic heterocycles. The normalized spacial score (nSPS) is 12.7. The molecule has 0 spiro atoms. The molecular formula is C20H22N2O5S. The van der Waals surface area contributed by atoms with Gasteiger partial charge in [-0.05, 0) is 51.5 Å². The highest BCUT2D eigenvalue weighted by Gasteiger charge is 2.23. The van der Waals surface area contributed by atoms with Crippen molar-refractivity contribution in [2.75, 3.05) is 5.32 Å². The van der Waals surface area contributed by atoms with Gasteiger partial charge in [0.2, 0.25) is 0 Å². The molecule has 2 rings (SSSR count). The minimum atomic E-state index is -0.951. The van der Waals surface area contributed by atoms with Crippen molar-refractivity contribution in [3.05, 3.63) is 63.7 Å². The highest BCUT2D eigenvalue weighted by atomic mass is 32.2. The van der Waals surface area contributed by atoms with Gasteiger partial charge in [0.05, 0.1) is 4.92 Å². The molecule has 1 amide bonds. The predicted molar refractivity (Wildman–Crippen MR) is 109 cm³/mol. The fraction of sp³-hybridized carbons (Fsp3) is 0.300. The van der Waals surface area contributed by atoms with E-state index in [0.29, 0.717) is 10.6 Å². The van der Waals surface area contributed by atoms with Gasteiger partial charge in [-0.15, -0.1) is 11.8 Å². The largest absolute Gasteiger partial charge is 0.452 e. The predicted octanol–water partition coefficient (Wildman–Crippen LogP) is 4.26. The molecule has 2 atom stereocenters. The minimum absolute atomic E-state index is 0.0173.